The van der Waals surface area contributed by atoms with Crippen LogP contribution in [0.5, 0.6) is 0 Å². The lowest BCUT2D eigenvalue weighted by atomic mass is 10.2. The van der Waals surface area contributed by atoms with E-state index in [1.807, 2.05) is 0 Å². The lowest BCUT2D eigenvalue weighted by Crippen LogP contribution is -2.33. The van der Waals surface area contributed by atoms with Gasteiger partial charge in [-0.05, 0) is 12.1 Å². The van der Waals surface area contributed by atoms with Crippen molar-refractivity contribution in [1.82, 2.24) is 0 Å². The van der Waals surface area contributed by atoms with Crippen molar-refractivity contribution in [3.8, 4) is 0 Å². The Bertz CT molecular complexity index is 463. The second-order valence-corrected chi connectivity index (χ2v) is 3.64. The highest BCUT2D eigenvalue weighted by molar-refractivity contribution is 5.93. The minimum atomic E-state index is -1.09. The highest BCUT2D eigenvalue weighted by Crippen LogP contribution is 2.21. The maximum atomic E-state index is 13.5. The first-order valence-corrected chi connectivity index (χ1v) is 5.43. The molecule has 6 heteroatoms. The Morgan fingerprint density at radius 3 is 2.50 bits per heavy atom. The summed E-state index contributed by atoms with van der Waals surface area (Å²) < 4.78 is 26.3. The molecule has 1 aromatic carbocycles. The van der Waals surface area contributed by atoms with Crippen LogP contribution in [0, 0.1) is 11.6 Å². The number of carboxylic acid groups (broad SMARTS) is 1. The minimum Gasteiger partial charge on any atom is -0.481 e. The summed E-state index contributed by atoms with van der Waals surface area (Å²) in [6.07, 6.45) is -0.195. The number of halogens is 2. The van der Waals surface area contributed by atoms with Crippen molar-refractivity contribution in [1.29, 1.82) is 0 Å². The molecule has 4 nitrogen and oxygen atoms in total. The summed E-state index contributed by atoms with van der Waals surface area (Å²) in [7, 11) is 0. The summed E-state index contributed by atoms with van der Waals surface area (Å²) in [6, 6.07) is 2.81. The summed E-state index contributed by atoms with van der Waals surface area (Å²) in [5, 5.41) is 8.59. The van der Waals surface area contributed by atoms with Crippen molar-refractivity contribution in [2.24, 2.45) is 0 Å². The fourth-order valence-corrected chi connectivity index (χ4v) is 1.48. The van der Waals surface area contributed by atoms with Gasteiger partial charge < -0.3 is 10.0 Å². The van der Waals surface area contributed by atoms with Crippen LogP contribution in [0.15, 0.2) is 18.2 Å². The number of carbonyl (C=O) groups excluding carboxylic acids is 1. The number of hydrogen-bond donors (Lipinski definition) is 1. The average molecular weight is 257 g/mol. The zero-order valence-electron chi connectivity index (χ0n) is 9.82. The number of carbonyl (C=O) groups is 2. The summed E-state index contributed by atoms with van der Waals surface area (Å²) in [4.78, 5) is 23.1. The lowest BCUT2D eigenvalue weighted by molar-refractivity contribution is -0.136. The molecule has 98 valence electrons. The molecule has 0 unspecified atom stereocenters. The van der Waals surface area contributed by atoms with Crippen LogP contribution in [-0.4, -0.2) is 23.5 Å². The summed E-state index contributed by atoms with van der Waals surface area (Å²) in [6.45, 7) is 1.43. The molecular weight excluding hydrogens is 244 g/mol. The molecule has 18 heavy (non-hydrogen) atoms. The third-order valence-electron chi connectivity index (χ3n) is 2.35. The van der Waals surface area contributed by atoms with Gasteiger partial charge in [0.15, 0.2) is 0 Å². The van der Waals surface area contributed by atoms with Gasteiger partial charge in [-0.2, -0.15) is 0 Å². The van der Waals surface area contributed by atoms with E-state index in [9.17, 15) is 18.4 Å². The predicted molar refractivity (Wildman–Crippen MR) is 61.3 cm³/mol. The van der Waals surface area contributed by atoms with Gasteiger partial charge in [0.25, 0.3) is 0 Å². The van der Waals surface area contributed by atoms with E-state index >= 15 is 0 Å². The van der Waals surface area contributed by atoms with Crippen molar-refractivity contribution in [3.05, 3.63) is 29.8 Å². The van der Waals surface area contributed by atoms with Gasteiger partial charge in [0.1, 0.15) is 11.6 Å². The highest BCUT2D eigenvalue weighted by atomic mass is 19.1. The fourth-order valence-electron chi connectivity index (χ4n) is 1.48. The molecule has 0 saturated heterocycles. The van der Waals surface area contributed by atoms with Gasteiger partial charge in [0, 0.05) is 19.0 Å². The zero-order valence-corrected chi connectivity index (χ0v) is 9.82. The number of amides is 1. The first kappa shape index (κ1) is 14.1. The van der Waals surface area contributed by atoms with Gasteiger partial charge >= 0.3 is 5.97 Å². The summed E-state index contributed by atoms with van der Waals surface area (Å²) in [5.74, 6) is -3.14. The van der Waals surface area contributed by atoms with Crippen LogP contribution in [-0.2, 0) is 9.59 Å². The number of nitrogens with zero attached hydrogens (tertiary/aromatic N) is 1. The summed E-state index contributed by atoms with van der Waals surface area (Å²) in [5.41, 5.74) is -0.107. The Labute approximate surface area is 103 Å². The molecular formula is C12H13F2NO3. The molecule has 0 radical (unpaired) electrons. The molecule has 1 N–H and O–H groups in total. The topological polar surface area (TPSA) is 57.6 Å². The second-order valence-electron chi connectivity index (χ2n) is 3.64. The van der Waals surface area contributed by atoms with Crippen molar-refractivity contribution >= 4 is 17.6 Å². The molecule has 0 heterocycles. The second kappa shape index (κ2) is 6.09. The molecule has 1 rings (SSSR count). The van der Waals surface area contributed by atoms with E-state index in [0.717, 1.165) is 17.0 Å². The Kier molecular flexibility index (Phi) is 4.76. The molecule has 0 aliphatic rings. The normalized spacial score (nSPS) is 10.2. The first-order valence-electron chi connectivity index (χ1n) is 5.43. The number of aliphatic carboxylic acids is 1. The predicted octanol–water partition coefficient (Wildman–Crippen LogP) is 2.18. The zero-order chi connectivity index (χ0) is 13.7. The molecule has 0 spiro atoms. The number of rotatable bonds is 5. The molecule has 0 bridgehead atoms. The molecule has 1 amide bonds. The van der Waals surface area contributed by atoms with E-state index in [1.54, 1.807) is 6.92 Å². The molecule has 0 aliphatic carbocycles. The van der Waals surface area contributed by atoms with E-state index in [2.05, 4.69) is 0 Å². The quantitative estimate of drug-likeness (QED) is 0.879. The molecule has 0 fully saturated rings. The molecule has 1 aromatic rings. The van der Waals surface area contributed by atoms with E-state index in [0.29, 0.717) is 6.07 Å². The first-order chi connectivity index (χ1) is 8.45. The Morgan fingerprint density at radius 1 is 1.33 bits per heavy atom. The van der Waals surface area contributed by atoms with Crippen LogP contribution in [0.2, 0.25) is 0 Å². The highest BCUT2D eigenvalue weighted by Gasteiger charge is 2.18. The van der Waals surface area contributed by atoms with Crippen LogP contribution < -0.4 is 4.90 Å². The van der Waals surface area contributed by atoms with Gasteiger partial charge in [-0.15, -0.1) is 0 Å². The minimum absolute atomic E-state index is 0.107. The van der Waals surface area contributed by atoms with Crippen molar-refractivity contribution in [2.75, 3.05) is 11.4 Å². The third-order valence-corrected chi connectivity index (χ3v) is 2.35. The molecule has 0 saturated carbocycles. The van der Waals surface area contributed by atoms with E-state index in [1.165, 1.54) is 0 Å². The standard InChI is InChI=1S/C12H13F2NO3/c1-2-11(16)15(6-5-12(17)18)10-4-3-8(13)7-9(10)14/h3-4,7H,2,5-6H2,1H3,(H,17,18). The summed E-state index contributed by atoms with van der Waals surface area (Å²) >= 11 is 0. The van der Waals surface area contributed by atoms with Crippen LogP contribution in [0.3, 0.4) is 0 Å². The Hall–Kier alpha value is -1.98. The Balaban J connectivity index is 3.01. The van der Waals surface area contributed by atoms with Crippen LogP contribution in [0.1, 0.15) is 19.8 Å². The van der Waals surface area contributed by atoms with Gasteiger partial charge in [-0.3, -0.25) is 9.59 Å². The van der Waals surface area contributed by atoms with Crippen LogP contribution >= 0.6 is 0 Å². The van der Waals surface area contributed by atoms with Crippen LogP contribution in [0.4, 0.5) is 14.5 Å². The van der Waals surface area contributed by atoms with Gasteiger partial charge in [-0.25, -0.2) is 8.78 Å². The van der Waals surface area contributed by atoms with Crippen molar-refractivity contribution < 1.29 is 23.5 Å². The van der Waals surface area contributed by atoms with E-state index < -0.39 is 23.5 Å². The van der Waals surface area contributed by atoms with Gasteiger partial charge in [0.2, 0.25) is 5.91 Å². The number of hydrogen-bond acceptors (Lipinski definition) is 2. The third kappa shape index (κ3) is 3.51. The maximum Gasteiger partial charge on any atom is 0.305 e. The molecule has 0 aliphatic heterocycles. The molecule has 0 atom stereocenters. The lowest BCUT2D eigenvalue weighted by Gasteiger charge is -2.22. The number of carboxylic acids is 1. The van der Waals surface area contributed by atoms with Crippen LogP contribution in [0.25, 0.3) is 0 Å². The van der Waals surface area contributed by atoms with Gasteiger partial charge in [0.05, 0.1) is 12.1 Å². The van der Waals surface area contributed by atoms with E-state index in [4.69, 9.17) is 5.11 Å². The number of anilines is 1. The molecule has 0 aromatic heterocycles. The monoisotopic (exact) mass is 257 g/mol. The van der Waals surface area contributed by atoms with Crippen molar-refractivity contribution in [2.45, 2.75) is 19.8 Å². The smallest absolute Gasteiger partial charge is 0.305 e. The fraction of sp³-hybridized carbons (Fsp3) is 0.333. The average Bonchev–Trinajstić information content (AvgIpc) is 2.30. The SMILES string of the molecule is CCC(=O)N(CCC(=O)O)c1ccc(F)cc1F. The Morgan fingerprint density at radius 2 is 2.00 bits per heavy atom. The van der Waals surface area contributed by atoms with E-state index in [-0.39, 0.29) is 25.1 Å². The van der Waals surface area contributed by atoms with Crippen molar-refractivity contribution in [3.63, 3.8) is 0 Å². The van der Waals surface area contributed by atoms with Gasteiger partial charge in [-0.1, -0.05) is 6.92 Å². The maximum absolute atomic E-state index is 13.5. The number of benzene rings is 1. The largest absolute Gasteiger partial charge is 0.481 e.